The van der Waals surface area contributed by atoms with Crippen molar-refractivity contribution in [2.75, 3.05) is 26.2 Å². The molecule has 1 aliphatic heterocycles. The molecule has 6 heteroatoms. The van der Waals surface area contributed by atoms with Crippen molar-refractivity contribution in [1.82, 2.24) is 9.80 Å². The lowest BCUT2D eigenvalue weighted by Gasteiger charge is -2.30. The number of ether oxygens (including phenoxy) is 1. The molecule has 0 radical (unpaired) electrons. The van der Waals surface area contributed by atoms with Gasteiger partial charge in [-0.1, -0.05) is 43.2 Å². The van der Waals surface area contributed by atoms with Crippen LogP contribution in [0, 0.1) is 12.8 Å². The van der Waals surface area contributed by atoms with Crippen LogP contribution in [0.5, 0.6) is 0 Å². The van der Waals surface area contributed by atoms with Gasteiger partial charge in [-0.15, -0.1) is 0 Å². The van der Waals surface area contributed by atoms with Crippen LogP contribution in [-0.2, 0) is 27.3 Å². The first-order valence-corrected chi connectivity index (χ1v) is 12.4. The molecule has 1 aromatic carbocycles. The van der Waals surface area contributed by atoms with Crippen LogP contribution in [0.15, 0.2) is 46.9 Å². The fourth-order valence-corrected chi connectivity index (χ4v) is 4.92. The van der Waals surface area contributed by atoms with Crippen molar-refractivity contribution in [2.24, 2.45) is 5.92 Å². The van der Waals surface area contributed by atoms with E-state index in [0.717, 1.165) is 63.1 Å². The Morgan fingerprint density at radius 3 is 2.42 bits per heavy atom. The van der Waals surface area contributed by atoms with Gasteiger partial charge in [0.05, 0.1) is 19.2 Å². The minimum absolute atomic E-state index is 0.0358. The topological polar surface area (TPSA) is 63.0 Å². The third-order valence-corrected chi connectivity index (χ3v) is 6.80. The Bertz CT molecular complexity index is 898. The zero-order valence-electron chi connectivity index (χ0n) is 19.7. The molecular formula is C27H36N2O4. The summed E-state index contributed by atoms with van der Waals surface area (Å²) in [5.74, 6) is 1.72. The lowest BCUT2D eigenvalue weighted by atomic mass is 10.1. The molecule has 1 saturated heterocycles. The molecule has 2 heterocycles. The van der Waals surface area contributed by atoms with Gasteiger partial charge in [0.1, 0.15) is 11.5 Å². The van der Waals surface area contributed by atoms with Crippen molar-refractivity contribution in [3.8, 4) is 0 Å². The summed E-state index contributed by atoms with van der Waals surface area (Å²) < 4.78 is 11.6. The van der Waals surface area contributed by atoms with Gasteiger partial charge in [-0.25, -0.2) is 0 Å². The zero-order valence-corrected chi connectivity index (χ0v) is 19.7. The van der Waals surface area contributed by atoms with Crippen LogP contribution in [0.25, 0.3) is 0 Å². The summed E-state index contributed by atoms with van der Waals surface area (Å²) in [4.78, 5) is 30.4. The minimum atomic E-state index is -0.0377. The lowest BCUT2D eigenvalue weighted by Crippen LogP contribution is -2.47. The standard InChI is InChI=1S/C27H36N2O4/c1-21-13-14-25(33-21)19-28(16-15-22-8-3-2-4-9-22)26(30)20-29(18-24-12-7-17-32-24)27(31)23-10-5-6-11-23/h2-4,8-9,13-14,23-24H,5-7,10-12,15-20H2,1H3. The highest BCUT2D eigenvalue weighted by molar-refractivity contribution is 5.86. The number of nitrogens with zero attached hydrogens (tertiary/aromatic N) is 2. The smallest absolute Gasteiger partial charge is 0.242 e. The Kier molecular flexibility index (Phi) is 8.21. The largest absolute Gasteiger partial charge is 0.464 e. The molecule has 2 fully saturated rings. The molecule has 1 atom stereocenters. The minimum Gasteiger partial charge on any atom is -0.464 e. The fourth-order valence-electron chi connectivity index (χ4n) is 4.92. The second-order valence-electron chi connectivity index (χ2n) is 9.40. The van der Waals surface area contributed by atoms with E-state index in [1.54, 1.807) is 4.90 Å². The van der Waals surface area contributed by atoms with Gasteiger partial charge in [0.2, 0.25) is 11.8 Å². The SMILES string of the molecule is Cc1ccc(CN(CCc2ccccc2)C(=O)CN(CC2CCCO2)C(=O)C2CCCC2)o1. The quantitative estimate of drug-likeness (QED) is 0.537. The molecule has 6 nitrogen and oxygen atoms in total. The van der Waals surface area contributed by atoms with Gasteiger partial charge in [0, 0.05) is 25.6 Å². The Morgan fingerprint density at radius 2 is 1.76 bits per heavy atom. The summed E-state index contributed by atoms with van der Waals surface area (Å²) in [6.45, 7) is 4.24. The van der Waals surface area contributed by atoms with Crippen molar-refractivity contribution in [3.63, 3.8) is 0 Å². The van der Waals surface area contributed by atoms with Crippen LogP contribution in [0.4, 0.5) is 0 Å². The highest BCUT2D eigenvalue weighted by Gasteiger charge is 2.32. The number of carbonyl (C=O) groups excluding carboxylic acids is 2. The molecule has 0 N–H and O–H groups in total. The lowest BCUT2D eigenvalue weighted by molar-refractivity contribution is -0.144. The molecule has 4 rings (SSSR count). The third kappa shape index (κ3) is 6.70. The first-order chi connectivity index (χ1) is 16.1. The molecule has 1 unspecified atom stereocenters. The highest BCUT2D eigenvalue weighted by atomic mass is 16.5. The zero-order chi connectivity index (χ0) is 23.0. The molecule has 178 valence electrons. The van der Waals surface area contributed by atoms with E-state index in [0.29, 0.717) is 19.6 Å². The van der Waals surface area contributed by atoms with Crippen molar-refractivity contribution >= 4 is 11.8 Å². The number of aryl methyl sites for hydroxylation is 1. The summed E-state index contributed by atoms with van der Waals surface area (Å²) in [5.41, 5.74) is 1.18. The summed E-state index contributed by atoms with van der Waals surface area (Å²) in [7, 11) is 0. The summed E-state index contributed by atoms with van der Waals surface area (Å²) in [5, 5.41) is 0. The second-order valence-corrected chi connectivity index (χ2v) is 9.40. The van der Waals surface area contributed by atoms with Crippen molar-refractivity contribution in [3.05, 3.63) is 59.5 Å². The normalized spacial score (nSPS) is 18.5. The Morgan fingerprint density at radius 1 is 0.970 bits per heavy atom. The Balaban J connectivity index is 1.46. The van der Waals surface area contributed by atoms with E-state index >= 15 is 0 Å². The highest BCUT2D eigenvalue weighted by Crippen LogP contribution is 2.27. The molecule has 0 spiro atoms. The first-order valence-electron chi connectivity index (χ1n) is 12.4. The molecule has 1 saturated carbocycles. The van der Waals surface area contributed by atoms with Crippen molar-refractivity contribution in [1.29, 1.82) is 0 Å². The summed E-state index contributed by atoms with van der Waals surface area (Å²) in [6.07, 6.45) is 6.81. The predicted octanol–water partition coefficient (Wildman–Crippen LogP) is 4.36. The van der Waals surface area contributed by atoms with E-state index in [2.05, 4.69) is 12.1 Å². The monoisotopic (exact) mass is 452 g/mol. The van der Waals surface area contributed by atoms with E-state index in [1.165, 1.54) is 5.56 Å². The Hall–Kier alpha value is -2.60. The van der Waals surface area contributed by atoms with Crippen LogP contribution < -0.4 is 0 Å². The third-order valence-electron chi connectivity index (χ3n) is 6.80. The molecule has 2 aliphatic rings. The number of furan rings is 1. The van der Waals surface area contributed by atoms with E-state index < -0.39 is 0 Å². The van der Waals surface area contributed by atoms with Gasteiger partial charge in [-0.05, 0) is 56.7 Å². The number of benzene rings is 1. The van der Waals surface area contributed by atoms with Gasteiger partial charge in [0.25, 0.3) is 0 Å². The van der Waals surface area contributed by atoms with Gasteiger partial charge in [-0.3, -0.25) is 9.59 Å². The second kappa shape index (κ2) is 11.5. The number of carbonyl (C=O) groups is 2. The molecule has 0 bridgehead atoms. The van der Waals surface area contributed by atoms with Crippen LogP contribution in [0.3, 0.4) is 0 Å². The van der Waals surface area contributed by atoms with Gasteiger partial charge in [-0.2, -0.15) is 0 Å². The van der Waals surface area contributed by atoms with E-state index in [9.17, 15) is 9.59 Å². The maximum atomic E-state index is 13.5. The molecule has 2 aromatic rings. The molecule has 1 aromatic heterocycles. The summed E-state index contributed by atoms with van der Waals surface area (Å²) in [6, 6.07) is 14.0. The number of hydrogen-bond acceptors (Lipinski definition) is 4. The average molecular weight is 453 g/mol. The molecular weight excluding hydrogens is 416 g/mol. The molecule has 33 heavy (non-hydrogen) atoms. The van der Waals surface area contributed by atoms with Crippen LogP contribution in [-0.4, -0.2) is 54.0 Å². The average Bonchev–Trinajstić information content (AvgIpc) is 3.60. The number of rotatable bonds is 10. The number of hydrogen-bond donors (Lipinski definition) is 0. The van der Waals surface area contributed by atoms with Gasteiger partial charge in [0.15, 0.2) is 0 Å². The fraction of sp³-hybridized carbons (Fsp3) is 0.556. The maximum absolute atomic E-state index is 13.5. The van der Waals surface area contributed by atoms with Crippen LogP contribution in [0.1, 0.15) is 55.6 Å². The summed E-state index contributed by atoms with van der Waals surface area (Å²) >= 11 is 0. The van der Waals surface area contributed by atoms with Crippen LogP contribution in [0.2, 0.25) is 0 Å². The van der Waals surface area contributed by atoms with E-state index in [1.807, 2.05) is 42.2 Å². The van der Waals surface area contributed by atoms with E-state index in [-0.39, 0.29) is 30.4 Å². The van der Waals surface area contributed by atoms with Crippen LogP contribution >= 0.6 is 0 Å². The predicted molar refractivity (Wildman–Crippen MR) is 127 cm³/mol. The van der Waals surface area contributed by atoms with E-state index in [4.69, 9.17) is 9.15 Å². The Labute approximate surface area is 196 Å². The van der Waals surface area contributed by atoms with Crippen molar-refractivity contribution < 1.29 is 18.7 Å². The first kappa shape index (κ1) is 23.6. The number of amides is 2. The van der Waals surface area contributed by atoms with Gasteiger partial charge >= 0.3 is 0 Å². The van der Waals surface area contributed by atoms with Crippen molar-refractivity contribution in [2.45, 2.75) is 64.5 Å². The maximum Gasteiger partial charge on any atom is 0.242 e. The molecule has 2 amide bonds. The molecule has 1 aliphatic carbocycles. The van der Waals surface area contributed by atoms with Gasteiger partial charge < -0.3 is 19.0 Å².